The van der Waals surface area contributed by atoms with Crippen molar-refractivity contribution in [3.63, 3.8) is 0 Å². The summed E-state index contributed by atoms with van der Waals surface area (Å²) in [6.07, 6.45) is 22.1. The molecule has 4 nitrogen and oxygen atoms in total. The summed E-state index contributed by atoms with van der Waals surface area (Å²) in [6, 6.07) is 5.93. The maximum Gasteiger partial charge on any atom is 0.137 e. The molecule has 0 fully saturated rings. The lowest BCUT2D eigenvalue weighted by atomic mass is 9.96. The van der Waals surface area contributed by atoms with Crippen LogP contribution < -0.4 is 10.5 Å². The van der Waals surface area contributed by atoms with Gasteiger partial charge in [-0.2, -0.15) is 0 Å². The zero-order chi connectivity index (χ0) is 31.2. The average Bonchev–Trinajstić information content (AvgIpc) is 3.08. The first kappa shape index (κ1) is 32.8. The number of rotatable bonds is 12. The number of carbonyl (C=O) groups is 1. The summed E-state index contributed by atoms with van der Waals surface area (Å²) in [7, 11) is 0. The molecule has 0 unspecified atom stereocenters. The summed E-state index contributed by atoms with van der Waals surface area (Å²) in [5.74, 6) is 7.48. The maximum atomic E-state index is 11.9. The number of nitrogens with two attached hydrogens (primary N) is 1. The number of nitrogens with one attached hydrogen (secondary N) is 1. The zero-order valence-corrected chi connectivity index (χ0v) is 25.7. The fourth-order valence-corrected chi connectivity index (χ4v) is 4.60. The van der Waals surface area contributed by atoms with E-state index >= 15 is 0 Å². The van der Waals surface area contributed by atoms with Crippen LogP contribution in [0.5, 0.6) is 5.75 Å². The first-order chi connectivity index (χ1) is 20.7. The van der Waals surface area contributed by atoms with Gasteiger partial charge in [-0.15, -0.1) is 5.73 Å². The first-order valence-electron chi connectivity index (χ1n) is 14.7. The van der Waals surface area contributed by atoms with Crippen LogP contribution in [0.2, 0.25) is 0 Å². The largest absolute Gasteiger partial charge is 0.457 e. The molecule has 2 aliphatic rings. The molecule has 3 N–H and O–H groups in total. The van der Waals surface area contributed by atoms with E-state index in [-0.39, 0.29) is 5.78 Å². The van der Waals surface area contributed by atoms with Crippen molar-refractivity contribution in [2.75, 3.05) is 6.54 Å². The molecule has 0 amide bonds. The molecule has 0 bridgehead atoms. The second-order valence-corrected chi connectivity index (χ2v) is 10.7. The molecule has 43 heavy (non-hydrogen) atoms. The Morgan fingerprint density at radius 2 is 1.98 bits per heavy atom. The Hall–Kier alpha value is -4.68. The Kier molecular flexibility index (Phi) is 12.7. The van der Waals surface area contributed by atoms with Crippen LogP contribution in [0.1, 0.15) is 70.4 Å². The lowest BCUT2D eigenvalue weighted by Gasteiger charge is -2.15. The van der Waals surface area contributed by atoms with Crippen LogP contribution in [0, 0.1) is 17.3 Å². The van der Waals surface area contributed by atoms with Gasteiger partial charge in [-0.3, -0.25) is 0 Å². The molecular formula is C39H42N2O2. The Labute approximate surface area is 257 Å². The predicted octanol–water partition coefficient (Wildman–Crippen LogP) is 8.82. The molecule has 1 aromatic rings. The highest BCUT2D eigenvalue weighted by atomic mass is 16.5. The van der Waals surface area contributed by atoms with Gasteiger partial charge in [0.25, 0.3) is 0 Å². The predicted molar refractivity (Wildman–Crippen MR) is 181 cm³/mol. The number of benzene rings is 1. The minimum Gasteiger partial charge on any atom is -0.457 e. The van der Waals surface area contributed by atoms with Crippen LogP contribution in [0.3, 0.4) is 0 Å². The molecule has 220 valence electrons. The summed E-state index contributed by atoms with van der Waals surface area (Å²) in [6.45, 7) is 14.0. The van der Waals surface area contributed by atoms with Crippen LogP contribution in [-0.2, 0) is 4.79 Å². The van der Waals surface area contributed by atoms with Gasteiger partial charge in [-0.25, -0.2) is 0 Å². The lowest BCUT2D eigenvalue weighted by Crippen LogP contribution is -2.00. The van der Waals surface area contributed by atoms with Crippen LogP contribution in [0.15, 0.2) is 125 Å². The van der Waals surface area contributed by atoms with Gasteiger partial charge in [0.15, 0.2) is 0 Å². The highest BCUT2D eigenvalue weighted by molar-refractivity contribution is 5.79. The van der Waals surface area contributed by atoms with E-state index in [4.69, 9.17) is 15.9 Å². The normalized spacial score (nSPS) is 16.1. The molecule has 3 rings (SSSR count). The van der Waals surface area contributed by atoms with E-state index in [2.05, 4.69) is 55.0 Å². The van der Waals surface area contributed by atoms with Crippen LogP contribution in [0.4, 0.5) is 0 Å². The van der Waals surface area contributed by atoms with E-state index in [1.165, 1.54) is 5.57 Å². The minimum atomic E-state index is 0.136. The Morgan fingerprint density at radius 1 is 1.16 bits per heavy atom. The number of ether oxygens (including phenoxy) is 1. The Balaban J connectivity index is 2.11. The number of allylic oxidation sites excluding steroid dienone is 13. The van der Waals surface area contributed by atoms with Crippen molar-refractivity contribution in [3.05, 3.63) is 137 Å². The van der Waals surface area contributed by atoms with Crippen molar-refractivity contribution in [3.8, 4) is 17.6 Å². The highest BCUT2D eigenvalue weighted by Gasteiger charge is 2.15. The third kappa shape index (κ3) is 10.6. The van der Waals surface area contributed by atoms with Gasteiger partial charge in [-0.1, -0.05) is 48.8 Å². The van der Waals surface area contributed by atoms with E-state index in [1.807, 2.05) is 56.4 Å². The van der Waals surface area contributed by atoms with E-state index < -0.39 is 0 Å². The third-order valence-electron chi connectivity index (χ3n) is 6.99. The monoisotopic (exact) mass is 570 g/mol. The van der Waals surface area contributed by atoms with Crippen molar-refractivity contribution >= 4 is 17.1 Å². The average molecular weight is 571 g/mol. The molecule has 0 aromatic heterocycles. The van der Waals surface area contributed by atoms with Gasteiger partial charge in [0.1, 0.15) is 17.3 Å². The van der Waals surface area contributed by atoms with Crippen molar-refractivity contribution in [1.29, 1.82) is 5.41 Å². The van der Waals surface area contributed by atoms with Gasteiger partial charge < -0.3 is 20.7 Å². The molecule has 0 spiro atoms. The van der Waals surface area contributed by atoms with Crippen molar-refractivity contribution in [2.24, 2.45) is 5.73 Å². The number of hydrogen-bond acceptors (Lipinski definition) is 4. The van der Waals surface area contributed by atoms with Gasteiger partial charge in [0, 0.05) is 28.8 Å². The lowest BCUT2D eigenvalue weighted by molar-refractivity contribution is -0.116. The molecule has 0 heterocycles. The topological polar surface area (TPSA) is 76.2 Å². The quantitative estimate of drug-likeness (QED) is 0.150. The van der Waals surface area contributed by atoms with Gasteiger partial charge in [0.2, 0.25) is 0 Å². The van der Waals surface area contributed by atoms with E-state index in [0.717, 1.165) is 58.3 Å². The minimum absolute atomic E-state index is 0.136. The molecule has 0 radical (unpaired) electrons. The molecule has 0 saturated carbocycles. The number of carbonyl (C=O) groups excluding carboxylic acids is 1. The molecule has 2 aliphatic carbocycles. The maximum absolute atomic E-state index is 11.9. The molecular weight excluding hydrogens is 528 g/mol. The highest BCUT2D eigenvalue weighted by Crippen LogP contribution is 2.33. The Morgan fingerprint density at radius 3 is 2.70 bits per heavy atom. The summed E-state index contributed by atoms with van der Waals surface area (Å²) in [5.41, 5.74) is 17.5. The van der Waals surface area contributed by atoms with Gasteiger partial charge in [-0.05, 0) is 136 Å². The van der Waals surface area contributed by atoms with Crippen molar-refractivity contribution in [1.82, 2.24) is 0 Å². The number of hydrogen-bond donors (Lipinski definition) is 2. The first-order valence-corrected chi connectivity index (χ1v) is 14.7. The number of ketones is 1. The van der Waals surface area contributed by atoms with E-state index in [0.29, 0.717) is 43.0 Å². The second kappa shape index (κ2) is 16.7. The summed E-state index contributed by atoms with van der Waals surface area (Å²) < 4.78 is 6.69. The van der Waals surface area contributed by atoms with Crippen molar-refractivity contribution < 1.29 is 9.53 Å². The zero-order valence-electron chi connectivity index (χ0n) is 25.7. The smallest absolute Gasteiger partial charge is 0.137 e. The fraction of sp³-hybridized carbons (Fsp3) is 0.256. The fourth-order valence-electron chi connectivity index (χ4n) is 4.60. The standard InChI is InChI=1S/C39H42N2O2/c1-6-7-12-33-18-21-38(35-14-9-8-13-32(17-20-35)22-23-40)39(26-33)43-37-25-29(3)28(2)24-36(27-37)34(19-16-31(5)42)15-10-11-30(4)41/h6,9,13,15,17-18,20-21,24-27,41H,1-2,8,10-11,16,19,22-23,40H2,3-5H3/b20-17?,32-13+,34-15-,41-30?. The molecule has 4 heteroatoms. The SMILES string of the molecule is C=CC#Cc1ccc(C2=C=CC/C=C(/CCN)C=C2)c(OC2=CC(/C(=C\CCC(C)=N)CCC(C)=O)=CC(=C)C(C)=C2)c1. The van der Waals surface area contributed by atoms with Crippen LogP contribution in [-0.4, -0.2) is 18.0 Å². The van der Waals surface area contributed by atoms with Gasteiger partial charge in [0.05, 0.1) is 0 Å². The van der Waals surface area contributed by atoms with Gasteiger partial charge >= 0.3 is 0 Å². The molecule has 1 aromatic carbocycles. The van der Waals surface area contributed by atoms with Crippen molar-refractivity contribution in [2.45, 2.75) is 59.3 Å². The van der Waals surface area contributed by atoms with E-state index in [9.17, 15) is 4.79 Å². The van der Waals surface area contributed by atoms with Crippen LogP contribution in [0.25, 0.3) is 5.57 Å². The molecule has 0 atom stereocenters. The molecule has 0 aliphatic heterocycles. The summed E-state index contributed by atoms with van der Waals surface area (Å²) in [4.78, 5) is 11.9. The second-order valence-electron chi connectivity index (χ2n) is 10.7. The third-order valence-corrected chi connectivity index (χ3v) is 6.99. The number of Topliss-reactive ketones (excluding diaryl/α,β-unsaturated/α-hetero) is 1. The summed E-state index contributed by atoms with van der Waals surface area (Å²) in [5, 5.41) is 7.84. The Bertz CT molecular complexity index is 1600. The van der Waals surface area contributed by atoms with E-state index in [1.54, 1.807) is 13.0 Å². The molecule has 0 saturated heterocycles. The van der Waals surface area contributed by atoms with Crippen LogP contribution >= 0.6 is 0 Å². The summed E-state index contributed by atoms with van der Waals surface area (Å²) >= 11 is 0.